The average molecular weight is 415 g/mol. The van der Waals surface area contributed by atoms with Crippen LogP contribution in [0.25, 0.3) is 5.69 Å². The number of benzene rings is 2. The predicted octanol–water partition coefficient (Wildman–Crippen LogP) is 3.59. The third kappa shape index (κ3) is 4.64. The van der Waals surface area contributed by atoms with Crippen LogP contribution in [-0.4, -0.2) is 26.6 Å². The molecule has 8 heteroatoms. The fraction of sp³-hybridized carbons (Fsp3) is 0.0435. The van der Waals surface area contributed by atoms with Crippen molar-refractivity contribution in [3.8, 4) is 5.69 Å². The topological polar surface area (TPSA) is 88.9 Å². The first-order valence-corrected chi connectivity index (χ1v) is 9.49. The van der Waals surface area contributed by atoms with Gasteiger partial charge in [-0.15, -0.1) is 0 Å². The van der Waals surface area contributed by atoms with Crippen molar-refractivity contribution in [2.24, 2.45) is 0 Å². The van der Waals surface area contributed by atoms with Crippen LogP contribution < -0.4 is 10.6 Å². The number of aromatic nitrogens is 3. The fourth-order valence-electron chi connectivity index (χ4n) is 2.96. The number of amides is 2. The van der Waals surface area contributed by atoms with Crippen LogP contribution in [0.1, 0.15) is 26.3 Å². The minimum absolute atomic E-state index is 0.197. The van der Waals surface area contributed by atoms with Gasteiger partial charge in [-0.1, -0.05) is 24.3 Å². The fourth-order valence-corrected chi connectivity index (χ4v) is 2.96. The highest BCUT2D eigenvalue weighted by molar-refractivity contribution is 6.08. The van der Waals surface area contributed by atoms with Gasteiger partial charge in [-0.2, -0.15) is 5.10 Å². The summed E-state index contributed by atoms with van der Waals surface area (Å²) < 4.78 is 14.7. The Bertz CT molecular complexity index is 1190. The maximum absolute atomic E-state index is 13.2. The maximum Gasteiger partial charge on any atom is 0.256 e. The normalized spacial score (nSPS) is 10.5. The maximum atomic E-state index is 13.2. The van der Waals surface area contributed by atoms with Gasteiger partial charge in [-0.25, -0.2) is 9.07 Å². The molecule has 2 aromatic carbocycles. The van der Waals surface area contributed by atoms with E-state index in [0.29, 0.717) is 5.69 Å². The first kappa shape index (κ1) is 20.0. The highest BCUT2D eigenvalue weighted by Gasteiger charge is 2.21. The highest BCUT2D eigenvalue weighted by Crippen LogP contribution is 2.21. The quantitative estimate of drug-likeness (QED) is 0.504. The molecule has 0 aliphatic carbocycles. The highest BCUT2D eigenvalue weighted by atomic mass is 19.1. The van der Waals surface area contributed by atoms with Crippen LogP contribution >= 0.6 is 0 Å². The van der Waals surface area contributed by atoms with Crippen molar-refractivity contribution >= 4 is 17.6 Å². The molecule has 4 rings (SSSR count). The average Bonchev–Trinajstić information content (AvgIpc) is 3.22. The van der Waals surface area contributed by atoms with E-state index < -0.39 is 17.6 Å². The van der Waals surface area contributed by atoms with Crippen molar-refractivity contribution in [3.63, 3.8) is 0 Å². The molecule has 0 radical (unpaired) electrons. The van der Waals surface area contributed by atoms with Gasteiger partial charge in [-0.3, -0.25) is 14.6 Å². The standard InChI is InChI=1S/C23H18FN5O2/c24-18-10-8-17(9-11-18)22(30)28-21-20(15-27-29(21)19-6-2-1-3-7-19)23(31)26-14-16-5-4-12-25-13-16/h1-13,15H,14H2,(H,26,31)(H,28,30). The Morgan fingerprint density at radius 1 is 0.903 bits per heavy atom. The van der Waals surface area contributed by atoms with Crippen LogP contribution in [0.3, 0.4) is 0 Å². The molecule has 0 aliphatic heterocycles. The van der Waals surface area contributed by atoms with Gasteiger partial charge < -0.3 is 10.6 Å². The van der Waals surface area contributed by atoms with Gasteiger partial charge >= 0.3 is 0 Å². The molecule has 0 unspecified atom stereocenters. The Kier molecular flexibility index (Phi) is 5.79. The van der Waals surface area contributed by atoms with Gasteiger partial charge in [0.1, 0.15) is 17.2 Å². The lowest BCUT2D eigenvalue weighted by molar-refractivity contribution is 0.0951. The summed E-state index contributed by atoms with van der Waals surface area (Å²) in [7, 11) is 0. The van der Waals surface area contributed by atoms with E-state index in [4.69, 9.17) is 0 Å². The summed E-state index contributed by atoms with van der Waals surface area (Å²) in [4.78, 5) is 29.6. The molecule has 154 valence electrons. The Morgan fingerprint density at radius 2 is 1.68 bits per heavy atom. The number of anilines is 1. The first-order valence-electron chi connectivity index (χ1n) is 9.49. The molecule has 2 amide bonds. The van der Waals surface area contributed by atoms with Crippen LogP contribution in [0.15, 0.2) is 85.3 Å². The molecule has 0 fully saturated rings. The number of rotatable bonds is 6. The third-order valence-electron chi connectivity index (χ3n) is 4.53. The summed E-state index contributed by atoms with van der Waals surface area (Å²) >= 11 is 0. The van der Waals surface area contributed by atoms with Crippen LogP contribution in [0.4, 0.5) is 10.2 Å². The van der Waals surface area contributed by atoms with Crippen molar-refractivity contribution in [2.75, 3.05) is 5.32 Å². The van der Waals surface area contributed by atoms with Gasteiger partial charge in [0.25, 0.3) is 11.8 Å². The Balaban J connectivity index is 1.63. The van der Waals surface area contributed by atoms with Gasteiger partial charge in [-0.05, 0) is 48.0 Å². The second-order valence-corrected chi connectivity index (χ2v) is 6.66. The molecule has 31 heavy (non-hydrogen) atoms. The zero-order valence-electron chi connectivity index (χ0n) is 16.3. The number of carbonyl (C=O) groups is 2. The third-order valence-corrected chi connectivity index (χ3v) is 4.53. The SMILES string of the molecule is O=C(Nc1c(C(=O)NCc2cccnc2)cnn1-c1ccccc1)c1ccc(F)cc1. The molecule has 2 heterocycles. The monoisotopic (exact) mass is 415 g/mol. The van der Waals surface area contributed by atoms with Crippen molar-refractivity contribution in [2.45, 2.75) is 6.54 Å². The van der Waals surface area contributed by atoms with Gasteiger partial charge in [0.2, 0.25) is 0 Å². The second kappa shape index (κ2) is 9.00. The number of hydrogen-bond acceptors (Lipinski definition) is 4. The van der Waals surface area contributed by atoms with Gasteiger partial charge in [0, 0.05) is 24.5 Å². The summed E-state index contributed by atoms with van der Waals surface area (Å²) in [6.45, 7) is 0.272. The molecular formula is C23H18FN5O2. The van der Waals surface area contributed by atoms with Crippen molar-refractivity contribution < 1.29 is 14.0 Å². The Labute approximate surface area is 177 Å². The zero-order valence-corrected chi connectivity index (χ0v) is 16.3. The number of nitrogens with zero attached hydrogens (tertiary/aromatic N) is 3. The molecule has 2 N–H and O–H groups in total. The first-order chi connectivity index (χ1) is 15.1. The van der Waals surface area contributed by atoms with Crippen LogP contribution in [0.2, 0.25) is 0 Å². The molecule has 2 aromatic heterocycles. The van der Waals surface area contributed by atoms with Crippen molar-refractivity contribution in [3.05, 3.63) is 108 Å². The largest absolute Gasteiger partial charge is 0.348 e. The minimum atomic E-state index is -0.487. The molecule has 0 aliphatic rings. The van der Waals surface area contributed by atoms with Crippen molar-refractivity contribution in [1.29, 1.82) is 0 Å². The second-order valence-electron chi connectivity index (χ2n) is 6.66. The van der Waals surface area contributed by atoms with Crippen LogP contribution in [-0.2, 0) is 6.54 Å². The summed E-state index contributed by atoms with van der Waals surface area (Å²) in [6, 6.07) is 17.9. The smallest absolute Gasteiger partial charge is 0.256 e. The zero-order chi connectivity index (χ0) is 21.6. The molecule has 0 saturated heterocycles. The molecule has 7 nitrogen and oxygen atoms in total. The molecular weight excluding hydrogens is 397 g/mol. The number of carbonyl (C=O) groups excluding carboxylic acids is 2. The number of hydrogen-bond donors (Lipinski definition) is 2. The molecule has 0 spiro atoms. The van der Waals surface area contributed by atoms with E-state index in [1.807, 2.05) is 24.3 Å². The predicted molar refractivity (Wildman–Crippen MR) is 113 cm³/mol. The van der Waals surface area contributed by atoms with Gasteiger partial charge in [0.15, 0.2) is 0 Å². The number of para-hydroxylation sites is 1. The van der Waals surface area contributed by atoms with Gasteiger partial charge in [0.05, 0.1) is 11.9 Å². The number of nitrogens with one attached hydrogen (secondary N) is 2. The van der Waals surface area contributed by atoms with E-state index in [1.54, 1.807) is 30.6 Å². The Hall–Kier alpha value is -4.33. The van der Waals surface area contributed by atoms with Crippen LogP contribution in [0.5, 0.6) is 0 Å². The lowest BCUT2D eigenvalue weighted by Gasteiger charge is -2.12. The van der Waals surface area contributed by atoms with E-state index in [1.165, 1.54) is 35.1 Å². The molecule has 0 atom stereocenters. The molecule has 0 saturated carbocycles. The van der Waals surface area contributed by atoms with Crippen molar-refractivity contribution in [1.82, 2.24) is 20.1 Å². The van der Waals surface area contributed by atoms with E-state index in [2.05, 4.69) is 20.7 Å². The molecule has 4 aromatic rings. The Morgan fingerprint density at radius 3 is 2.39 bits per heavy atom. The van der Waals surface area contributed by atoms with E-state index in [9.17, 15) is 14.0 Å². The lowest BCUT2D eigenvalue weighted by Crippen LogP contribution is -2.25. The number of pyridine rings is 1. The van der Waals surface area contributed by atoms with E-state index >= 15 is 0 Å². The van der Waals surface area contributed by atoms with E-state index in [0.717, 1.165) is 5.56 Å². The lowest BCUT2D eigenvalue weighted by atomic mass is 10.2. The van der Waals surface area contributed by atoms with E-state index in [-0.39, 0.29) is 23.5 Å². The number of halogens is 1. The minimum Gasteiger partial charge on any atom is -0.348 e. The summed E-state index contributed by atoms with van der Waals surface area (Å²) in [5.41, 5.74) is 1.96. The molecule has 0 bridgehead atoms. The summed E-state index contributed by atoms with van der Waals surface area (Å²) in [6.07, 6.45) is 4.70. The van der Waals surface area contributed by atoms with Crippen LogP contribution in [0, 0.1) is 5.82 Å². The summed E-state index contributed by atoms with van der Waals surface area (Å²) in [5, 5.41) is 9.84. The summed E-state index contributed by atoms with van der Waals surface area (Å²) in [5.74, 6) is -1.12.